The Labute approximate surface area is 59.4 Å². The maximum Gasteiger partial charge on any atom is 0.257 e. The van der Waals surface area contributed by atoms with Crippen molar-refractivity contribution < 1.29 is 13.6 Å². The van der Waals surface area contributed by atoms with E-state index in [1.54, 1.807) is 0 Å². The standard InChI is InChI=1S/C7H12F2O/c1-5(2)7(8,9)4-6(3)10/h5H,4H2,1-3H3. The van der Waals surface area contributed by atoms with Crippen LogP contribution >= 0.6 is 0 Å². The van der Waals surface area contributed by atoms with Gasteiger partial charge in [0, 0.05) is 5.92 Å². The normalized spacial score (nSPS) is 12.2. The van der Waals surface area contributed by atoms with E-state index in [1.165, 1.54) is 20.8 Å². The molecule has 0 amide bonds. The minimum atomic E-state index is -2.83. The van der Waals surface area contributed by atoms with Gasteiger partial charge in [-0.2, -0.15) is 0 Å². The lowest BCUT2D eigenvalue weighted by Crippen LogP contribution is -2.26. The molecule has 0 heterocycles. The molecule has 3 heteroatoms. The molecule has 0 unspecified atom stereocenters. The molecular weight excluding hydrogens is 138 g/mol. The number of carbonyl (C=O) groups excluding carboxylic acids is 1. The van der Waals surface area contributed by atoms with Crippen molar-refractivity contribution in [1.29, 1.82) is 0 Å². The Bertz CT molecular complexity index is 130. The third kappa shape index (κ3) is 2.90. The molecule has 0 bridgehead atoms. The first-order chi connectivity index (χ1) is 4.36. The van der Waals surface area contributed by atoms with Crippen LogP contribution in [0.1, 0.15) is 27.2 Å². The fourth-order valence-electron chi connectivity index (χ4n) is 0.536. The molecule has 0 atom stereocenters. The average molecular weight is 150 g/mol. The van der Waals surface area contributed by atoms with Gasteiger partial charge in [0.05, 0.1) is 6.42 Å². The van der Waals surface area contributed by atoms with Gasteiger partial charge in [0.15, 0.2) is 0 Å². The number of hydrogen-bond acceptors (Lipinski definition) is 1. The Balaban J connectivity index is 3.99. The number of hydrogen-bond donors (Lipinski definition) is 0. The van der Waals surface area contributed by atoms with Gasteiger partial charge < -0.3 is 0 Å². The molecule has 0 N–H and O–H groups in total. The zero-order chi connectivity index (χ0) is 8.36. The van der Waals surface area contributed by atoms with E-state index < -0.39 is 24.0 Å². The Morgan fingerprint density at radius 2 is 1.90 bits per heavy atom. The van der Waals surface area contributed by atoms with Gasteiger partial charge in [-0.25, -0.2) is 8.78 Å². The molecule has 0 fully saturated rings. The van der Waals surface area contributed by atoms with Crippen molar-refractivity contribution >= 4 is 5.78 Å². The quantitative estimate of drug-likeness (QED) is 0.603. The Morgan fingerprint density at radius 1 is 1.50 bits per heavy atom. The van der Waals surface area contributed by atoms with Crippen LogP contribution in [-0.4, -0.2) is 11.7 Å². The van der Waals surface area contributed by atoms with Crippen LogP contribution in [0.15, 0.2) is 0 Å². The Morgan fingerprint density at radius 3 is 2.00 bits per heavy atom. The molecule has 0 aromatic carbocycles. The number of halogens is 2. The molecule has 0 saturated carbocycles. The summed E-state index contributed by atoms with van der Waals surface area (Å²) in [4.78, 5) is 10.3. The van der Waals surface area contributed by atoms with E-state index in [0.717, 1.165) is 0 Å². The third-order valence-corrected chi connectivity index (χ3v) is 1.33. The van der Waals surface area contributed by atoms with Gasteiger partial charge in [0.2, 0.25) is 0 Å². The number of alkyl halides is 2. The average Bonchev–Trinajstić information content (AvgIpc) is 1.60. The maximum absolute atomic E-state index is 12.6. The van der Waals surface area contributed by atoms with E-state index in [-0.39, 0.29) is 0 Å². The van der Waals surface area contributed by atoms with Gasteiger partial charge in [-0.3, -0.25) is 4.79 Å². The number of Topliss-reactive ketones (excluding diaryl/α,β-unsaturated/α-hetero) is 1. The van der Waals surface area contributed by atoms with Crippen molar-refractivity contribution in [2.75, 3.05) is 0 Å². The van der Waals surface area contributed by atoms with Gasteiger partial charge in [-0.05, 0) is 6.92 Å². The maximum atomic E-state index is 12.6. The Hall–Kier alpha value is -0.470. The Kier molecular flexibility index (Phi) is 2.94. The monoisotopic (exact) mass is 150 g/mol. The smallest absolute Gasteiger partial charge is 0.257 e. The zero-order valence-corrected chi connectivity index (χ0v) is 6.45. The van der Waals surface area contributed by atoms with Gasteiger partial charge in [0.1, 0.15) is 5.78 Å². The van der Waals surface area contributed by atoms with Crippen LogP contribution in [0.5, 0.6) is 0 Å². The summed E-state index contributed by atoms with van der Waals surface area (Å²) in [5, 5.41) is 0. The molecule has 0 aliphatic heterocycles. The van der Waals surface area contributed by atoms with Crippen LogP contribution in [0.25, 0.3) is 0 Å². The number of ketones is 1. The highest BCUT2D eigenvalue weighted by atomic mass is 19.3. The lowest BCUT2D eigenvalue weighted by Gasteiger charge is -2.18. The van der Waals surface area contributed by atoms with Crippen LogP contribution in [0.3, 0.4) is 0 Å². The second-order valence-corrected chi connectivity index (χ2v) is 2.79. The fourth-order valence-corrected chi connectivity index (χ4v) is 0.536. The van der Waals surface area contributed by atoms with Crippen LogP contribution < -0.4 is 0 Å². The lowest BCUT2D eigenvalue weighted by molar-refractivity contribution is -0.127. The van der Waals surface area contributed by atoms with E-state index in [1.807, 2.05) is 0 Å². The van der Waals surface area contributed by atoms with Crippen molar-refractivity contribution in [3.05, 3.63) is 0 Å². The largest absolute Gasteiger partial charge is 0.300 e. The van der Waals surface area contributed by atoms with Crippen molar-refractivity contribution in [3.8, 4) is 0 Å². The molecule has 0 aromatic heterocycles. The summed E-state index contributed by atoms with van der Waals surface area (Å²) in [5.74, 6) is -4.04. The first kappa shape index (κ1) is 9.53. The molecule has 60 valence electrons. The summed E-state index contributed by atoms with van der Waals surface area (Å²) in [6.45, 7) is 3.99. The van der Waals surface area contributed by atoms with Gasteiger partial charge in [0.25, 0.3) is 5.92 Å². The van der Waals surface area contributed by atoms with Crippen LogP contribution in [0, 0.1) is 5.92 Å². The third-order valence-electron chi connectivity index (χ3n) is 1.33. The second kappa shape index (κ2) is 3.08. The van der Waals surface area contributed by atoms with Crippen molar-refractivity contribution in [1.82, 2.24) is 0 Å². The topological polar surface area (TPSA) is 17.1 Å². The van der Waals surface area contributed by atoms with Crippen LogP contribution in [0.2, 0.25) is 0 Å². The number of carbonyl (C=O) groups is 1. The van der Waals surface area contributed by atoms with Crippen molar-refractivity contribution in [2.45, 2.75) is 33.1 Å². The zero-order valence-electron chi connectivity index (χ0n) is 6.45. The van der Waals surface area contributed by atoms with Crippen molar-refractivity contribution in [2.24, 2.45) is 5.92 Å². The molecule has 0 spiro atoms. The lowest BCUT2D eigenvalue weighted by atomic mass is 10.0. The van der Waals surface area contributed by atoms with Gasteiger partial charge >= 0.3 is 0 Å². The second-order valence-electron chi connectivity index (χ2n) is 2.79. The van der Waals surface area contributed by atoms with E-state index >= 15 is 0 Å². The molecule has 0 aliphatic rings. The van der Waals surface area contributed by atoms with Gasteiger partial charge in [-0.1, -0.05) is 13.8 Å². The first-order valence-corrected chi connectivity index (χ1v) is 3.23. The predicted molar refractivity (Wildman–Crippen MR) is 35.1 cm³/mol. The highest BCUT2D eigenvalue weighted by Crippen LogP contribution is 2.27. The van der Waals surface area contributed by atoms with Gasteiger partial charge in [-0.15, -0.1) is 0 Å². The minimum absolute atomic E-state index is 0.460. The molecule has 0 rings (SSSR count). The van der Waals surface area contributed by atoms with Crippen LogP contribution in [-0.2, 0) is 4.79 Å². The summed E-state index contributed by atoms with van der Waals surface area (Å²) >= 11 is 0. The molecule has 0 aliphatic carbocycles. The van der Waals surface area contributed by atoms with Crippen LogP contribution in [0.4, 0.5) is 8.78 Å². The number of rotatable bonds is 3. The first-order valence-electron chi connectivity index (χ1n) is 3.23. The summed E-state index contributed by atoms with van der Waals surface area (Å²) < 4.78 is 25.2. The predicted octanol–water partition coefficient (Wildman–Crippen LogP) is 2.26. The summed E-state index contributed by atoms with van der Waals surface area (Å²) in [6.07, 6.45) is -0.634. The highest BCUT2D eigenvalue weighted by Gasteiger charge is 2.34. The van der Waals surface area contributed by atoms with Crippen molar-refractivity contribution in [3.63, 3.8) is 0 Å². The van der Waals surface area contributed by atoms with E-state index in [4.69, 9.17) is 0 Å². The fraction of sp³-hybridized carbons (Fsp3) is 0.857. The highest BCUT2D eigenvalue weighted by molar-refractivity contribution is 5.76. The summed E-state index contributed by atoms with van der Waals surface area (Å²) in [5.41, 5.74) is 0. The van der Waals surface area contributed by atoms with E-state index in [0.29, 0.717) is 0 Å². The molecule has 0 radical (unpaired) electrons. The molecule has 0 aromatic rings. The van der Waals surface area contributed by atoms with E-state index in [9.17, 15) is 13.6 Å². The summed E-state index contributed by atoms with van der Waals surface area (Å²) in [7, 11) is 0. The minimum Gasteiger partial charge on any atom is -0.300 e. The van der Waals surface area contributed by atoms with E-state index in [2.05, 4.69) is 0 Å². The molecule has 0 saturated heterocycles. The summed E-state index contributed by atoms with van der Waals surface area (Å²) in [6, 6.07) is 0. The SMILES string of the molecule is CC(=O)CC(F)(F)C(C)C. The molecule has 1 nitrogen and oxygen atoms in total. The molecular formula is C7H12F2O. The molecule has 10 heavy (non-hydrogen) atoms.